The van der Waals surface area contributed by atoms with Gasteiger partial charge in [-0.25, -0.2) is 9.59 Å². The van der Waals surface area contributed by atoms with Crippen molar-refractivity contribution < 1.29 is 29.4 Å². The quantitative estimate of drug-likeness (QED) is 0.242. The molecule has 7 N–H and O–H groups in total. The third kappa shape index (κ3) is 10.2. The van der Waals surface area contributed by atoms with E-state index in [-0.39, 0.29) is 44.2 Å². The number of aliphatic hydroxyl groups is 1. The average Bonchev–Trinajstić information content (AvgIpc) is 2.52. The third-order valence-electron chi connectivity index (χ3n) is 3.41. The molecular weight excluding hydrogens is 332 g/mol. The summed E-state index contributed by atoms with van der Waals surface area (Å²) in [6, 6.07) is -2.73. The van der Waals surface area contributed by atoms with Crippen molar-refractivity contribution in [3.05, 3.63) is 0 Å². The second-order valence-corrected chi connectivity index (χ2v) is 5.95. The number of amides is 4. The lowest BCUT2D eigenvalue weighted by Gasteiger charge is -2.24. The highest BCUT2D eigenvalue weighted by Crippen LogP contribution is 2.05. The summed E-state index contributed by atoms with van der Waals surface area (Å²) in [5.41, 5.74) is 4.91. The van der Waals surface area contributed by atoms with Crippen molar-refractivity contribution in [2.75, 3.05) is 13.2 Å². The van der Waals surface area contributed by atoms with Crippen LogP contribution in [0.5, 0.6) is 0 Å². The van der Waals surface area contributed by atoms with E-state index >= 15 is 0 Å². The van der Waals surface area contributed by atoms with Gasteiger partial charge in [-0.2, -0.15) is 0 Å². The maximum absolute atomic E-state index is 12.3. The van der Waals surface area contributed by atoms with E-state index in [1.807, 2.05) is 0 Å². The fourth-order valence-electron chi connectivity index (χ4n) is 2.06. The number of hydrogen-bond donors (Lipinski definition) is 6. The second kappa shape index (κ2) is 12.1. The first kappa shape index (κ1) is 22.6. The highest BCUT2D eigenvalue weighted by molar-refractivity contribution is 5.90. The lowest BCUT2D eigenvalue weighted by molar-refractivity contribution is -0.142. The van der Waals surface area contributed by atoms with Crippen molar-refractivity contribution in [3.63, 3.8) is 0 Å². The third-order valence-corrected chi connectivity index (χ3v) is 3.41. The zero-order chi connectivity index (χ0) is 19.4. The number of carboxylic acids is 1. The van der Waals surface area contributed by atoms with E-state index in [4.69, 9.17) is 10.8 Å². The number of carbonyl (C=O) groups is 4. The summed E-state index contributed by atoms with van der Waals surface area (Å²) in [5.74, 6) is -2.44. The number of aliphatic carboxylic acids is 1. The Labute approximate surface area is 146 Å². The van der Waals surface area contributed by atoms with E-state index in [1.54, 1.807) is 13.8 Å². The Balaban J connectivity index is 4.66. The van der Waals surface area contributed by atoms with Crippen molar-refractivity contribution >= 4 is 23.8 Å². The van der Waals surface area contributed by atoms with Gasteiger partial charge in [0.1, 0.15) is 12.1 Å². The number of carboxylic acid groups (broad SMARTS) is 1. The zero-order valence-electron chi connectivity index (χ0n) is 14.6. The average molecular weight is 360 g/mol. The monoisotopic (exact) mass is 360 g/mol. The van der Waals surface area contributed by atoms with Crippen molar-refractivity contribution in [2.45, 2.75) is 51.6 Å². The van der Waals surface area contributed by atoms with Gasteiger partial charge in [0.25, 0.3) is 0 Å². The minimum atomic E-state index is -1.21. The number of primary amides is 1. The molecule has 0 aromatic carbocycles. The van der Waals surface area contributed by atoms with Gasteiger partial charge in [0.15, 0.2) is 0 Å². The summed E-state index contributed by atoms with van der Waals surface area (Å²) >= 11 is 0. The normalized spacial score (nSPS) is 13.0. The molecule has 10 heteroatoms. The summed E-state index contributed by atoms with van der Waals surface area (Å²) in [5, 5.41) is 25.2. The Bertz CT molecular complexity index is 469. The molecule has 0 aliphatic rings. The van der Waals surface area contributed by atoms with Gasteiger partial charge >= 0.3 is 12.0 Å². The summed E-state index contributed by atoms with van der Waals surface area (Å²) in [4.78, 5) is 45.9. The Morgan fingerprint density at radius 3 is 2.20 bits per heavy atom. The Hall–Kier alpha value is -2.36. The minimum absolute atomic E-state index is 0.0775. The molecule has 0 unspecified atom stereocenters. The smallest absolute Gasteiger partial charge is 0.326 e. The van der Waals surface area contributed by atoms with E-state index in [2.05, 4.69) is 16.0 Å². The van der Waals surface area contributed by atoms with E-state index in [1.165, 1.54) is 0 Å². The Morgan fingerprint density at radius 2 is 1.72 bits per heavy atom. The van der Waals surface area contributed by atoms with Gasteiger partial charge in [-0.3, -0.25) is 9.59 Å². The number of urea groups is 1. The molecule has 4 amide bonds. The second-order valence-electron chi connectivity index (χ2n) is 5.95. The SMILES string of the molecule is CC(C)[C@H](NC(=O)CCCO)C(=O)N[C@@H](CCCNC(N)=O)C(=O)O. The molecule has 0 radical (unpaired) electrons. The lowest BCUT2D eigenvalue weighted by Crippen LogP contribution is -2.53. The largest absolute Gasteiger partial charge is 0.480 e. The van der Waals surface area contributed by atoms with Crippen LogP contribution in [0, 0.1) is 5.92 Å². The summed E-state index contributed by atoms with van der Waals surface area (Å²) in [6.45, 7) is 3.51. The van der Waals surface area contributed by atoms with Crippen LogP contribution in [0.2, 0.25) is 0 Å². The zero-order valence-corrected chi connectivity index (χ0v) is 14.6. The molecule has 0 aromatic heterocycles. The maximum atomic E-state index is 12.3. The molecule has 0 rings (SSSR count). The summed E-state index contributed by atoms with van der Waals surface area (Å²) < 4.78 is 0. The highest BCUT2D eigenvalue weighted by Gasteiger charge is 2.28. The summed E-state index contributed by atoms with van der Waals surface area (Å²) in [7, 11) is 0. The number of nitrogens with one attached hydrogen (secondary N) is 3. The van der Waals surface area contributed by atoms with Crippen LogP contribution in [0.3, 0.4) is 0 Å². The predicted molar refractivity (Wildman–Crippen MR) is 89.5 cm³/mol. The molecule has 0 fully saturated rings. The fourth-order valence-corrected chi connectivity index (χ4v) is 2.06. The van der Waals surface area contributed by atoms with Crippen molar-refractivity contribution in [3.8, 4) is 0 Å². The van der Waals surface area contributed by atoms with Crippen LogP contribution in [-0.2, 0) is 14.4 Å². The maximum Gasteiger partial charge on any atom is 0.326 e. The molecular formula is C15H28N4O6. The Morgan fingerprint density at radius 1 is 1.08 bits per heavy atom. The van der Waals surface area contributed by atoms with Crippen LogP contribution in [0.25, 0.3) is 0 Å². The molecule has 0 aliphatic carbocycles. The predicted octanol–water partition coefficient (Wildman–Crippen LogP) is -1.08. The lowest BCUT2D eigenvalue weighted by atomic mass is 10.0. The minimum Gasteiger partial charge on any atom is -0.480 e. The molecule has 0 saturated carbocycles. The topological polar surface area (TPSA) is 171 Å². The van der Waals surface area contributed by atoms with Crippen LogP contribution >= 0.6 is 0 Å². The summed E-state index contributed by atoms with van der Waals surface area (Å²) in [6.07, 6.45) is 0.775. The highest BCUT2D eigenvalue weighted by atomic mass is 16.4. The molecule has 2 atom stereocenters. The van der Waals surface area contributed by atoms with Gasteiger partial charge in [0, 0.05) is 19.6 Å². The fraction of sp³-hybridized carbons (Fsp3) is 0.733. The molecule has 10 nitrogen and oxygen atoms in total. The van der Waals surface area contributed by atoms with Crippen molar-refractivity contribution in [1.82, 2.24) is 16.0 Å². The molecule has 0 spiro atoms. The van der Waals surface area contributed by atoms with Crippen LogP contribution in [0.4, 0.5) is 4.79 Å². The number of rotatable bonds is 12. The van der Waals surface area contributed by atoms with Crippen LogP contribution < -0.4 is 21.7 Å². The molecule has 25 heavy (non-hydrogen) atoms. The van der Waals surface area contributed by atoms with Gasteiger partial charge in [0.2, 0.25) is 11.8 Å². The molecule has 0 saturated heterocycles. The van der Waals surface area contributed by atoms with E-state index in [9.17, 15) is 24.3 Å². The van der Waals surface area contributed by atoms with Crippen LogP contribution in [0.15, 0.2) is 0 Å². The first-order valence-corrected chi connectivity index (χ1v) is 8.15. The van der Waals surface area contributed by atoms with Gasteiger partial charge in [-0.15, -0.1) is 0 Å². The van der Waals surface area contributed by atoms with Crippen LogP contribution in [0.1, 0.15) is 39.5 Å². The molecule has 0 aromatic rings. The molecule has 0 aliphatic heterocycles. The Kier molecular flexibility index (Phi) is 10.9. The molecule has 144 valence electrons. The van der Waals surface area contributed by atoms with Gasteiger partial charge in [-0.05, 0) is 25.2 Å². The molecule has 0 heterocycles. The van der Waals surface area contributed by atoms with E-state index in [0.29, 0.717) is 6.42 Å². The van der Waals surface area contributed by atoms with Gasteiger partial charge in [0.05, 0.1) is 0 Å². The van der Waals surface area contributed by atoms with E-state index < -0.39 is 30.0 Å². The number of carbonyl (C=O) groups excluding carboxylic acids is 3. The number of nitrogens with two attached hydrogens (primary N) is 1. The van der Waals surface area contributed by atoms with Crippen molar-refractivity contribution in [1.29, 1.82) is 0 Å². The van der Waals surface area contributed by atoms with E-state index in [0.717, 1.165) is 0 Å². The first-order valence-electron chi connectivity index (χ1n) is 8.15. The molecule has 0 bridgehead atoms. The van der Waals surface area contributed by atoms with Crippen LogP contribution in [-0.4, -0.2) is 59.3 Å². The number of aliphatic hydroxyl groups excluding tert-OH is 1. The first-order chi connectivity index (χ1) is 11.7. The van der Waals surface area contributed by atoms with Gasteiger partial charge in [-0.1, -0.05) is 13.8 Å². The van der Waals surface area contributed by atoms with Gasteiger partial charge < -0.3 is 31.9 Å². The van der Waals surface area contributed by atoms with Crippen molar-refractivity contribution in [2.24, 2.45) is 11.7 Å². The standard InChI is InChI=1S/C15H28N4O6/c1-9(2)12(19-11(21)6-4-8-20)13(22)18-10(14(23)24)5-3-7-17-15(16)25/h9-10,12,20H,3-8H2,1-2H3,(H,18,22)(H,19,21)(H,23,24)(H3,16,17,25)/t10-,12-/m0/s1. The number of hydrogen-bond acceptors (Lipinski definition) is 5.